The van der Waals surface area contributed by atoms with Crippen LogP contribution in [0.5, 0.6) is 0 Å². The van der Waals surface area contributed by atoms with E-state index >= 15 is 8.78 Å². The molecule has 2 unspecified atom stereocenters. The molecule has 3 saturated carbocycles. The minimum absolute atomic E-state index is 0.0656. The van der Waals surface area contributed by atoms with E-state index < -0.39 is 34.7 Å². The molecule has 0 heterocycles. The molecule has 3 fully saturated rings. The predicted octanol–water partition coefficient (Wildman–Crippen LogP) is 4.79. The van der Waals surface area contributed by atoms with Crippen LogP contribution in [0.4, 0.5) is 8.78 Å². The SMILES string of the molecule is CCC.C[C@]12C[C@H](O)[C@@]3(F)C(C[C@H](F)C4=CC(=O)C=C[C@@]43C)C1CC[C@@H]2C(=O)S. The number of alkyl halides is 2. The van der Waals surface area contributed by atoms with E-state index in [1.54, 1.807) is 6.92 Å². The number of fused-ring (bicyclic) bond motifs is 5. The van der Waals surface area contributed by atoms with Crippen LogP contribution in [0.3, 0.4) is 0 Å². The smallest absolute Gasteiger partial charge is 0.189 e. The second-order valence-corrected chi connectivity index (χ2v) is 10.1. The summed E-state index contributed by atoms with van der Waals surface area (Å²) in [4.78, 5) is 23.7. The topological polar surface area (TPSA) is 54.4 Å². The van der Waals surface area contributed by atoms with Gasteiger partial charge in [-0.3, -0.25) is 9.59 Å². The molecule has 0 aromatic carbocycles. The first-order chi connectivity index (χ1) is 13.5. The van der Waals surface area contributed by atoms with Crippen molar-refractivity contribution in [3.05, 3.63) is 23.8 Å². The van der Waals surface area contributed by atoms with E-state index in [2.05, 4.69) is 26.5 Å². The number of aliphatic hydroxyl groups excluding tert-OH is 1. The number of hydrogen-bond acceptors (Lipinski definition) is 3. The Labute approximate surface area is 177 Å². The summed E-state index contributed by atoms with van der Waals surface area (Å²) in [6.07, 6.45) is 3.68. The Balaban J connectivity index is 0.000000755. The number of halogens is 2. The first kappa shape index (κ1) is 22.7. The van der Waals surface area contributed by atoms with Gasteiger partial charge in [-0.15, -0.1) is 12.6 Å². The summed E-state index contributed by atoms with van der Waals surface area (Å²) in [7, 11) is 0. The maximum atomic E-state index is 16.6. The van der Waals surface area contributed by atoms with Crippen molar-refractivity contribution in [3.8, 4) is 0 Å². The quantitative estimate of drug-likeness (QED) is 0.593. The molecule has 1 N–H and O–H groups in total. The van der Waals surface area contributed by atoms with Crippen molar-refractivity contribution < 1.29 is 23.5 Å². The summed E-state index contributed by atoms with van der Waals surface area (Å²) in [5.74, 6) is -1.59. The normalized spacial score (nSPS) is 47.9. The Bertz CT molecular complexity index is 765. The second-order valence-electron chi connectivity index (χ2n) is 9.62. The number of carbonyl (C=O) groups excluding carboxylic acids is 2. The van der Waals surface area contributed by atoms with E-state index in [1.165, 1.54) is 24.6 Å². The number of carbonyl (C=O) groups is 2. The fourth-order valence-corrected chi connectivity index (χ4v) is 7.03. The first-order valence-electron chi connectivity index (χ1n) is 10.7. The van der Waals surface area contributed by atoms with Gasteiger partial charge >= 0.3 is 0 Å². The Morgan fingerprint density at radius 1 is 1.28 bits per heavy atom. The number of thiol groups is 1. The third-order valence-electron chi connectivity index (χ3n) is 7.92. The van der Waals surface area contributed by atoms with Crippen LogP contribution in [0.15, 0.2) is 23.8 Å². The molecule has 0 aromatic heterocycles. The molecule has 0 saturated heterocycles. The fraction of sp³-hybridized carbons (Fsp3) is 0.739. The highest BCUT2D eigenvalue weighted by molar-refractivity contribution is 7.96. The average Bonchev–Trinajstić information content (AvgIpc) is 2.97. The molecular formula is C23H32F2O3S. The summed E-state index contributed by atoms with van der Waals surface area (Å²) in [6, 6.07) is 0. The lowest BCUT2D eigenvalue weighted by Crippen LogP contribution is -2.68. The van der Waals surface area contributed by atoms with Crippen LogP contribution in [0, 0.1) is 28.6 Å². The molecule has 0 radical (unpaired) electrons. The summed E-state index contributed by atoms with van der Waals surface area (Å²) in [6.45, 7) is 7.75. The number of ketones is 1. The third-order valence-corrected chi connectivity index (χ3v) is 8.24. The Morgan fingerprint density at radius 2 is 1.90 bits per heavy atom. The van der Waals surface area contributed by atoms with Gasteiger partial charge in [-0.1, -0.05) is 33.3 Å². The Morgan fingerprint density at radius 3 is 2.48 bits per heavy atom. The maximum absolute atomic E-state index is 16.6. The van der Waals surface area contributed by atoms with Gasteiger partial charge in [0.15, 0.2) is 16.6 Å². The standard InChI is InChI=1S/C20H24F2O3S.C3H8/c1-18-9-16(24)20(22)13(11(18)3-4-12(18)17(25)26)8-15(21)14-7-10(23)5-6-19(14,20)2;1-3-2/h5-7,11-13,15-16,24H,3-4,8-9H2,1-2H3,(H,25,26);3H2,1-2H3/t11?,12-,13?,15+,16+,18+,19+,20+;/m1./s1. The average molecular weight is 427 g/mol. The van der Waals surface area contributed by atoms with Crippen LogP contribution in [0.1, 0.15) is 59.8 Å². The lowest BCUT2D eigenvalue weighted by molar-refractivity contribution is -0.201. The van der Waals surface area contributed by atoms with Gasteiger partial charge in [-0.05, 0) is 61.7 Å². The van der Waals surface area contributed by atoms with Gasteiger partial charge in [0.05, 0.1) is 6.10 Å². The highest BCUT2D eigenvalue weighted by Gasteiger charge is 2.72. The number of allylic oxidation sites excluding steroid dienone is 4. The third kappa shape index (κ3) is 3.08. The van der Waals surface area contributed by atoms with Crippen LogP contribution < -0.4 is 0 Å². The minimum atomic E-state index is -2.06. The zero-order valence-corrected chi connectivity index (χ0v) is 18.5. The summed E-state index contributed by atoms with van der Waals surface area (Å²) < 4.78 is 31.7. The molecule has 29 heavy (non-hydrogen) atoms. The molecule has 4 rings (SSSR count). The number of rotatable bonds is 1. The van der Waals surface area contributed by atoms with Crippen molar-refractivity contribution in [2.75, 3.05) is 0 Å². The number of aliphatic hydroxyl groups is 1. The molecule has 4 aliphatic rings. The monoisotopic (exact) mass is 426 g/mol. The van der Waals surface area contributed by atoms with Gasteiger partial charge < -0.3 is 5.11 Å². The lowest BCUT2D eigenvalue weighted by Gasteiger charge is -2.62. The highest BCUT2D eigenvalue weighted by atomic mass is 32.1. The van der Waals surface area contributed by atoms with Crippen LogP contribution in [0.2, 0.25) is 0 Å². The molecule has 0 bridgehead atoms. The number of hydrogen-bond donors (Lipinski definition) is 2. The van der Waals surface area contributed by atoms with E-state index in [9.17, 15) is 14.7 Å². The van der Waals surface area contributed by atoms with E-state index in [1.807, 2.05) is 6.92 Å². The van der Waals surface area contributed by atoms with Crippen molar-refractivity contribution in [1.82, 2.24) is 0 Å². The second kappa shape index (κ2) is 7.60. The van der Waals surface area contributed by atoms with E-state index in [-0.39, 0.29) is 41.1 Å². The molecule has 4 aliphatic carbocycles. The van der Waals surface area contributed by atoms with Gasteiger partial charge in [-0.2, -0.15) is 0 Å². The molecule has 6 heteroatoms. The molecule has 0 spiro atoms. The van der Waals surface area contributed by atoms with E-state index in [0.29, 0.717) is 12.8 Å². The highest BCUT2D eigenvalue weighted by Crippen LogP contribution is 2.69. The Kier molecular flexibility index (Phi) is 5.94. The van der Waals surface area contributed by atoms with E-state index in [0.717, 1.165) is 0 Å². The zero-order chi connectivity index (χ0) is 21.8. The molecule has 0 amide bonds. The summed E-state index contributed by atoms with van der Waals surface area (Å²) in [5.41, 5.74) is -3.86. The van der Waals surface area contributed by atoms with E-state index in [4.69, 9.17) is 0 Å². The van der Waals surface area contributed by atoms with Crippen LogP contribution in [0.25, 0.3) is 0 Å². The van der Waals surface area contributed by atoms with Crippen LogP contribution >= 0.6 is 12.6 Å². The largest absolute Gasteiger partial charge is 0.390 e. The van der Waals surface area contributed by atoms with Gasteiger partial charge in [-0.25, -0.2) is 8.78 Å². The van der Waals surface area contributed by atoms with Crippen molar-refractivity contribution >= 4 is 23.5 Å². The fourth-order valence-electron chi connectivity index (χ4n) is 6.61. The van der Waals surface area contributed by atoms with Gasteiger partial charge in [0, 0.05) is 17.3 Å². The van der Waals surface area contributed by atoms with Crippen molar-refractivity contribution in [2.45, 2.75) is 77.7 Å². The van der Waals surface area contributed by atoms with Crippen molar-refractivity contribution in [2.24, 2.45) is 28.6 Å². The molecule has 3 nitrogen and oxygen atoms in total. The van der Waals surface area contributed by atoms with Crippen LogP contribution in [-0.4, -0.2) is 33.9 Å². The summed E-state index contributed by atoms with van der Waals surface area (Å²) in [5, 5.41) is 10.7. The van der Waals surface area contributed by atoms with Gasteiger partial charge in [0.2, 0.25) is 0 Å². The van der Waals surface area contributed by atoms with Crippen molar-refractivity contribution in [1.29, 1.82) is 0 Å². The maximum Gasteiger partial charge on any atom is 0.189 e. The van der Waals surface area contributed by atoms with Crippen LogP contribution in [-0.2, 0) is 9.59 Å². The predicted molar refractivity (Wildman–Crippen MR) is 112 cm³/mol. The van der Waals surface area contributed by atoms with Gasteiger partial charge in [0.25, 0.3) is 0 Å². The molecule has 8 atom stereocenters. The van der Waals surface area contributed by atoms with Gasteiger partial charge in [0.1, 0.15) is 6.17 Å². The van der Waals surface area contributed by atoms with Crippen molar-refractivity contribution in [3.63, 3.8) is 0 Å². The Hall–Kier alpha value is -1.01. The molecule has 0 aromatic rings. The molecule has 162 valence electrons. The molecular weight excluding hydrogens is 394 g/mol. The summed E-state index contributed by atoms with van der Waals surface area (Å²) >= 11 is 4.01. The first-order valence-corrected chi connectivity index (χ1v) is 11.1. The molecule has 0 aliphatic heterocycles. The zero-order valence-electron chi connectivity index (χ0n) is 17.6. The minimum Gasteiger partial charge on any atom is -0.390 e. The lowest BCUT2D eigenvalue weighted by atomic mass is 9.45.